The first-order chi connectivity index (χ1) is 6.49. The minimum absolute atomic E-state index is 0.0724. The molecule has 74 valence electrons. The standard InChI is InChI=1S/C8H6O5S/c9-4-6-1-2-7(5-10)8(3-6)14(11,12)13/h1-5H,(H,11,12,13). The minimum Gasteiger partial charge on any atom is -0.298 e. The van der Waals surface area contributed by atoms with Crippen molar-refractivity contribution in [2.75, 3.05) is 0 Å². The molecule has 14 heavy (non-hydrogen) atoms. The van der Waals surface area contributed by atoms with Gasteiger partial charge in [-0.15, -0.1) is 0 Å². The second-order valence-electron chi connectivity index (χ2n) is 2.51. The normalized spacial score (nSPS) is 10.9. The van der Waals surface area contributed by atoms with Crippen molar-refractivity contribution in [3.63, 3.8) is 0 Å². The summed E-state index contributed by atoms with van der Waals surface area (Å²) in [6.07, 6.45) is 0.709. The first kappa shape index (κ1) is 10.6. The van der Waals surface area contributed by atoms with Crippen molar-refractivity contribution in [2.45, 2.75) is 4.90 Å². The second-order valence-corrected chi connectivity index (χ2v) is 3.90. The quantitative estimate of drug-likeness (QED) is 0.586. The molecule has 0 aliphatic carbocycles. The van der Waals surface area contributed by atoms with Crippen LogP contribution in [0.25, 0.3) is 0 Å². The lowest BCUT2D eigenvalue weighted by atomic mass is 10.2. The molecule has 1 rings (SSSR count). The van der Waals surface area contributed by atoms with E-state index in [0.717, 1.165) is 12.1 Å². The summed E-state index contributed by atoms with van der Waals surface area (Å²) in [7, 11) is -4.47. The Labute approximate surface area is 80.1 Å². The van der Waals surface area contributed by atoms with E-state index >= 15 is 0 Å². The smallest absolute Gasteiger partial charge is 0.295 e. The van der Waals surface area contributed by atoms with Crippen LogP contribution in [0.4, 0.5) is 0 Å². The van der Waals surface area contributed by atoms with Crippen LogP contribution in [0, 0.1) is 0 Å². The molecule has 5 nitrogen and oxygen atoms in total. The number of hydrogen-bond donors (Lipinski definition) is 1. The molecule has 6 heteroatoms. The Morgan fingerprint density at radius 1 is 1.14 bits per heavy atom. The molecule has 0 heterocycles. The predicted molar refractivity (Wildman–Crippen MR) is 47.0 cm³/mol. The molecule has 0 spiro atoms. The monoisotopic (exact) mass is 214 g/mol. The van der Waals surface area contributed by atoms with E-state index in [2.05, 4.69) is 0 Å². The van der Waals surface area contributed by atoms with E-state index in [1.807, 2.05) is 0 Å². The van der Waals surface area contributed by atoms with Crippen LogP contribution in [-0.4, -0.2) is 25.5 Å². The molecule has 0 saturated heterocycles. The van der Waals surface area contributed by atoms with Crippen LogP contribution in [0.3, 0.4) is 0 Å². The fourth-order valence-electron chi connectivity index (χ4n) is 0.945. The van der Waals surface area contributed by atoms with Crippen LogP contribution in [0.5, 0.6) is 0 Å². The van der Waals surface area contributed by atoms with Gasteiger partial charge < -0.3 is 0 Å². The van der Waals surface area contributed by atoms with Gasteiger partial charge in [0.2, 0.25) is 0 Å². The highest BCUT2D eigenvalue weighted by atomic mass is 32.2. The predicted octanol–water partition coefficient (Wildman–Crippen LogP) is 0.558. The Bertz CT molecular complexity index is 475. The molecule has 0 aliphatic rings. The summed E-state index contributed by atoms with van der Waals surface area (Å²) in [6, 6.07) is 3.37. The topological polar surface area (TPSA) is 88.5 Å². The number of rotatable bonds is 3. The Morgan fingerprint density at radius 3 is 2.21 bits per heavy atom. The van der Waals surface area contributed by atoms with Crippen LogP contribution in [-0.2, 0) is 10.1 Å². The summed E-state index contributed by atoms with van der Waals surface area (Å²) in [5, 5.41) is 0. The summed E-state index contributed by atoms with van der Waals surface area (Å²) < 4.78 is 30.2. The lowest BCUT2D eigenvalue weighted by Crippen LogP contribution is -2.03. The average Bonchev–Trinajstić information content (AvgIpc) is 2.15. The zero-order valence-corrected chi connectivity index (χ0v) is 7.69. The average molecular weight is 214 g/mol. The van der Waals surface area contributed by atoms with Gasteiger partial charge >= 0.3 is 0 Å². The fraction of sp³-hybridized carbons (Fsp3) is 0. The van der Waals surface area contributed by atoms with Crippen LogP contribution in [0.1, 0.15) is 20.7 Å². The van der Waals surface area contributed by atoms with Gasteiger partial charge in [-0.25, -0.2) is 0 Å². The maximum atomic E-state index is 10.8. The highest BCUT2D eigenvalue weighted by molar-refractivity contribution is 7.86. The van der Waals surface area contributed by atoms with Gasteiger partial charge in [-0.05, 0) is 12.1 Å². The van der Waals surface area contributed by atoms with E-state index in [4.69, 9.17) is 4.55 Å². The third kappa shape index (κ3) is 2.04. The van der Waals surface area contributed by atoms with E-state index < -0.39 is 15.0 Å². The Morgan fingerprint density at radius 2 is 1.79 bits per heavy atom. The number of carbonyl (C=O) groups is 2. The molecule has 0 unspecified atom stereocenters. The summed E-state index contributed by atoms with van der Waals surface area (Å²) in [6.45, 7) is 0. The molecule has 1 aromatic rings. The van der Waals surface area contributed by atoms with Crippen molar-refractivity contribution in [1.29, 1.82) is 0 Å². The largest absolute Gasteiger partial charge is 0.298 e. The molecule has 0 saturated carbocycles. The lowest BCUT2D eigenvalue weighted by Gasteiger charge is -2.00. The number of benzene rings is 1. The van der Waals surface area contributed by atoms with Crippen LogP contribution < -0.4 is 0 Å². The third-order valence-corrected chi connectivity index (χ3v) is 2.49. The van der Waals surface area contributed by atoms with E-state index in [-0.39, 0.29) is 17.4 Å². The molecule has 0 fully saturated rings. The van der Waals surface area contributed by atoms with Gasteiger partial charge in [0, 0.05) is 11.1 Å². The maximum Gasteiger partial charge on any atom is 0.295 e. The van der Waals surface area contributed by atoms with Gasteiger partial charge in [-0.2, -0.15) is 8.42 Å². The second kappa shape index (κ2) is 3.69. The highest BCUT2D eigenvalue weighted by Gasteiger charge is 2.15. The van der Waals surface area contributed by atoms with E-state index in [0.29, 0.717) is 6.29 Å². The zero-order valence-electron chi connectivity index (χ0n) is 6.88. The first-order valence-electron chi connectivity index (χ1n) is 3.51. The number of carbonyl (C=O) groups excluding carboxylic acids is 2. The Hall–Kier alpha value is -1.53. The molecule has 1 aromatic carbocycles. The summed E-state index contributed by atoms with van der Waals surface area (Å²) >= 11 is 0. The number of aldehydes is 2. The van der Waals surface area contributed by atoms with Crippen molar-refractivity contribution in [3.8, 4) is 0 Å². The molecular weight excluding hydrogens is 208 g/mol. The number of hydrogen-bond acceptors (Lipinski definition) is 4. The molecule has 0 radical (unpaired) electrons. The lowest BCUT2D eigenvalue weighted by molar-refractivity contribution is 0.111. The van der Waals surface area contributed by atoms with Crippen LogP contribution in [0.15, 0.2) is 23.1 Å². The summed E-state index contributed by atoms with van der Waals surface area (Å²) in [5.41, 5.74) is -0.110. The van der Waals surface area contributed by atoms with Crippen molar-refractivity contribution >= 4 is 22.7 Å². The van der Waals surface area contributed by atoms with Crippen molar-refractivity contribution in [2.24, 2.45) is 0 Å². The van der Waals surface area contributed by atoms with Gasteiger partial charge in [0.25, 0.3) is 10.1 Å². The van der Waals surface area contributed by atoms with Gasteiger partial charge in [-0.3, -0.25) is 14.1 Å². The van der Waals surface area contributed by atoms with Crippen molar-refractivity contribution in [1.82, 2.24) is 0 Å². The molecule has 0 aliphatic heterocycles. The molecular formula is C8H6O5S. The zero-order chi connectivity index (χ0) is 10.8. The van der Waals surface area contributed by atoms with Crippen LogP contribution in [0.2, 0.25) is 0 Å². The molecule has 1 N–H and O–H groups in total. The van der Waals surface area contributed by atoms with Crippen LogP contribution >= 0.6 is 0 Å². The molecule has 0 bridgehead atoms. The van der Waals surface area contributed by atoms with Gasteiger partial charge in [0.15, 0.2) is 6.29 Å². The first-order valence-corrected chi connectivity index (χ1v) is 4.95. The van der Waals surface area contributed by atoms with Crippen molar-refractivity contribution < 1.29 is 22.6 Å². The van der Waals surface area contributed by atoms with E-state index in [1.54, 1.807) is 0 Å². The summed E-state index contributed by atoms with van der Waals surface area (Å²) in [4.78, 5) is 20.2. The maximum absolute atomic E-state index is 10.8. The Kier molecular flexibility index (Phi) is 2.78. The minimum atomic E-state index is -4.47. The SMILES string of the molecule is O=Cc1ccc(C=O)c(S(=O)(=O)O)c1. The fourth-order valence-corrected chi connectivity index (χ4v) is 1.64. The van der Waals surface area contributed by atoms with Gasteiger partial charge in [0.05, 0.1) is 0 Å². The Balaban J connectivity index is 3.52. The van der Waals surface area contributed by atoms with E-state index in [9.17, 15) is 18.0 Å². The van der Waals surface area contributed by atoms with E-state index in [1.165, 1.54) is 6.07 Å². The van der Waals surface area contributed by atoms with Gasteiger partial charge in [0.1, 0.15) is 11.2 Å². The molecule has 0 amide bonds. The van der Waals surface area contributed by atoms with Gasteiger partial charge in [-0.1, -0.05) is 6.07 Å². The van der Waals surface area contributed by atoms with Crippen molar-refractivity contribution in [3.05, 3.63) is 29.3 Å². The summed E-state index contributed by atoms with van der Waals surface area (Å²) in [5.74, 6) is 0. The molecule has 0 aromatic heterocycles. The third-order valence-electron chi connectivity index (χ3n) is 1.58. The highest BCUT2D eigenvalue weighted by Crippen LogP contribution is 2.15. The molecule has 0 atom stereocenters.